The molecule has 1 unspecified atom stereocenters. The third kappa shape index (κ3) is 3.18. The average molecular weight is 388 g/mol. The Morgan fingerprint density at radius 1 is 1.11 bits per heavy atom. The van der Waals surface area contributed by atoms with Crippen LogP contribution in [0.25, 0.3) is 0 Å². The van der Waals surface area contributed by atoms with Crippen molar-refractivity contribution in [2.24, 2.45) is 0 Å². The Balaban J connectivity index is 2.49. The second-order valence-corrected chi connectivity index (χ2v) is 6.11. The van der Waals surface area contributed by atoms with E-state index in [9.17, 15) is 4.39 Å². The lowest BCUT2D eigenvalue weighted by atomic mass is 10.0. The van der Waals surface area contributed by atoms with Gasteiger partial charge in [0.2, 0.25) is 0 Å². The largest absolute Gasteiger partial charge is 0.496 e. The van der Waals surface area contributed by atoms with Crippen LogP contribution in [0.4, 0.5) is 4.39 Å². The molecule has 0 saturated carbocycles. The van der Waals surface area contributed by atoms with Gasteiger partial charge in [-0.2, -0.15) is 0 Å². The van der Waals surface area contributed by atoms with Crippen molar-refractivity contribution in [1.29, 1.82) is 0 Å². The molecule has 100 valence electrons. The standard InChI is InChI=1S/C15H13Br2FO/c1-9-3-6-14(19-2)12(7-9)15(17)11-5-4-10(16)8-13(11)18/h3-8,15H,1-2H3. The lowest BCUT2D eigenvalue weighted by Gasteiger charge is -2.16. The normalized spacial score (nSPS) is 12.3. The van der Waals surface area contributed by atoms with Crippen LogP contribution in [0.5, 0.6) is 5.75 Å². The van der Waals surface area contributed by atoms with E-state index in [0.29, 0.717) is 5.56 Å². The van der Waals surface area contributed by atoms with Gasteiger partial charge in [-0.15, -0.1) is 0 Å². The molecule has 0 aromatic heterocycles. The molecule has 0 spiro atoms. The van der Waals surface area contributed by atoms with Crippen LogP contribution in [0.3, 0.4) is 0 Å². The Morgan fingerprint density at radius 2 is 1.84 bits per heavy atom. The highest BCUT2D eigenvalue weighted by atomic mass is 79.9. The van der Waals surface area contributed by atoms with Crippen molar-refractivity contribution in [3.05, 3.63) is 63.4 Å². The number of rotatable bonds is 3. The van der Waals surface area contributed by atoms with Gasteiger partial charge in [-0.25, -0.2) is 4.39 Å². The lowest BCUT2D eigenvalue weighted by molar-refractivity contribution is 0.410. The third-order valence-corrected chi connectivity index (χ3v) is 4.37. The summed E-state index contributed by atoms with van der Waals surface area (Å²) < 4.78 is 20.1. The van der Waals surface area contributed by atoms with Crippen LogP contribution < -0.4 is 4.74 Å². The summed E-state index contributed by atoms with van der Waals surface area (Å²) in [6.45, 7) is 2.00. The molecule has 0 amide bonds. The van der Waals surface area contributed by atoms with Gasteiger partial charge < -0.3 is 4.74 Å². The topological polar surface area (TPSA) is 9.23 Å². The monoisotopic (exact) mass is 386 g/mol. The molecular formula is C15H13Br2FO. The minimum absolute atomic E-state index is 0.240. The van der Waals surface area contributed by atoms with Gasteiger partial charge in [-0.3, -0.25) is 0 Å². The highest BCUT2D eigenvalue weighted by molar-refractivity contribution is 9.10. The van der Waals surface area contributed by atoms with Crippen molar-refractivity contribution in [3.63, 3.8) is 0 Å². The fourth-order valence-electron chi connectivity index (χ4n) is 1.93. The van der Waals surface area contributed by atoms with Crippen molar-refractivity contribution in [2.75, 3.05) is 7.11 Å². The van der Waals surface area contributed by atoms with Gasteiger partial charge in [0.25, 0.3) is 0 Å². The third-order valence-electron chi connectivity index (χ3n) is 2.89. The highest BCUT2D eigenvalue weighted by Gasteiger charge is 2.18. The number of methoxy groups -OCH3 is 1. The molecule has 19 heavy (non-hydrogen) atoms. The van der Waals surface area contributed by atoms with E-state index < -0.39 is 0 Å². The Labute approximate surface area is 129 Å². The summed E-state index contributed by atoms with van der Waals surface area (Å²) >= 11 is 6.82. The lowest BCUT2D eigenvalue weighted by Crippen LogP contribution is -2.00. The Bertz CT molecular complexity index is 599. The smallest absolute Gasteiger partial charge is 0.129 e. The summed E-state index contributed by atoms with van der Waals surface area (Å²) in [5.74, 6) is 0.495. The van der Waals surface area contributed by atoms with Crippen molar-refractivity contribution in [2.45, 2.75) is 11.8 Å². The fourth-order valence-corrected chi connectivity index (χ4v) is 2.99. The van der Waals surface area contributed by atoms with Crippen molar-refractivity contribution < 1.29 is 9.13 Å². The van der Waals surface area contributed by atoms with Crippen LogP contribution in [-0.2, 0) is 0 Å². The van der Waals surface area contributed by atoms with Gasteiger partial charge in [0.05, 0.1) is 11.9 Å². The predicted molar refractivity (Wildman–Crippen MR) is 82.6 cm³/mol. The minimum Gasteiger partial charge on any atom is -0.496 e. The number of alkyl halides is 1. The minimum atomic E-state index is -0.250. The van der Waals surface area contributed by atoms with Gasteiger partial charge in [0.1, 0.15) is 11.6 Å². The van der Waals surface area contributed by atoms with Crippen LogP contribution in [0.2, 0.25) is 0 Å². The van der Waals surface area contributed by atoms with Gasteiger partial charge >= 0.3 is 0 Å². The molecule has 2 aromatic carbocycles. The Morgan fingerprint density at radius 3 is 2.47 bits per heavy atom. The number of benzene rings is 2. The van der Waals surface area contributed by atoms with E-state index in [4.69, 9.17) is 4.74 Å². The summed E-state index contributed by atoms with van der Waals surface area (Å²) in [5.41, 5.74) is 2.62. The molecule has 0 bridgehead atoms. The summed E-state index contributed by atoms with van der Waals surface area (Å²) in [4.78, 5) is -0.240. The predicted octanol–water partition coefficient (Wildman–Crippen LogP) is 5.39. The molecule has 0 aliphatic rings. The molecule has 0 heterocycles. The molecule has 1 atom stereocenters. The second-order valence-electron chi connectivity index (χ2n) is 4.27. The number of ether oxygens (including phenoxy) is 1. The average Bonchev–Trinajstić information content (AvgIpc) is 2.38. The number of halogens is 3. The summed E-state index contributed by atoms with van der Waals surface area (Å²) in [7, 11) is 1.62. The van der Waals surface area contributed by atoms with Crippen molar-refractivity contribution >= 4 is 31.9 Å². The molecule has 0 aliphatic heterocycles. The fraction of sp³-hybridized carbons (Fsp3) is 0.200. The molecule has 2 rings (SSSR count). The van der Waals surface area contributed by atoms with Crippen LogP contribution in [0, 0.1) is 12.7 Å². The molecule has 0 radical (unpaired) electrons. The van der Waals surface area contributed by atoms with Crippen molar-refractivity contribution in [1.82, 2.24) is 0 Å². The molecule has 0 fully saturated rings. The molecule has 4 heteroatoms. The Kier molecular flexibility index (Phi) is 4.63. The molecular weight excluding hydrogens is 375 g/mol. The van der Waals surface area contributed by atoms with E-state index in [1.165, 1.54) is 6.07 Å². The first kappa shape index (κ1) is 14.5. The Hall–Kier alpha value is -0.870. The first-order valence-electron chi connectivity index (χ1n) is 5.76. The maximum absolute atomic E-state index is 14.0. The van der Waals surface area contributed by atoms with E-state index in [1.807, 2.05) is 31.2 Å². The van der Waals surface area contributed by atoms with E-state index in [2.05, 4.69) is 31.9 Å². The van der Waals surface area contributed by atoms with Gasteiger partial charge in [-0.1, -0.05) is 55.6 Å². The molecule has 0 saturated heterocycles. The maximum Gasteiger partial charge on any atom is 0.129 e. The van der Waals surface area contributed by atoms with Crippen LogP contribution in [0.1, 0.15) is 21.5 Å². The molecule has 0 N–H and O–H groups in total. The van der Waals surface area contributed by atoms with Crippen LogP contribution in [0.15, 0.2) is 40.9 Å². The first-order chi connectivity index (χ1) is 9.02. The van der Waals surface area contributed by atoms with E-state index in [-0.39, 0.29) is 10.6 Å². The van der Waals surface area contributed by atoms with Gasteiger partial charge in [-0.05, 0) is 25.1 Å². The summed E-state index contributed by atoms with van der Waals surface area (Å²) in [6.07, 6.45) is 0. The quantitative estimate of drug-likeness (QED) is 0.641. The highest BCUT2D eigenvalue weighted by Crippen LogP contribution is 2.38. The molecule has 0 aliphatic carbocycles. The molecule has 2 aromatic rings. The zero-order chi connectivity index (χ0) is 14.0. The van der Waals surface area contributed by atoms with E-state index in [0.717, 1.165) is 21.3 Å². The second kappa shape index (κ2) is 6.06. The zero-order valence-corrected chi connectivity index (χ0v) is 13.8. The van der Waals surface area contributed by atoms with Gasteiger partial charge in [0, 0.05) is 15.6 Å². The number of hydrogen-bond donors (Lipinski definition) is 0. The van der Waals surface area contributed by atoms with E-state index >= 15 is 0 Å². The number of aryl methyl sites for hydroxylation is 1. The summed E-state index contributed by atoms with van der Waals surface area (Å²) in [6, 6.07) is 10.9. The first-order valence-corrected chi connectivity index (χ1v) is 7.47. The summed E-state index contributed by atoms with van der Waals surface area (Å²) in [5, 5.41) is 0. The maximum atomic E-state index is 14.0. The van der Waals surface area contributed by atoms with Crippen LogP contribution >= 0.6 is 31.9 Å². The van der Waals surface area contributed by atoms with Crippen LogP contribution in [-0.4, -0.2) is 7.11 Å². The van der Waals surface area contributed by atoms with Crippen molar-refractivity contribution in [3.8, 4) is 5.75 Å². The SMILES string of the molecule is COc1ccc(C)cc1C(Br)c1ccc(Br)cc1F. The van der Waals surface area contributed by atoms with Gasteiger partial charge in [0.15, 0.2) is 0 Å². The number of hydrogen-bond acceptors (Lipinski definition) is 1. The zero-order valence-electron chi connectivity index (χ0n) is 10.6. The van der Waals surface area contributed by atoms with E-state index in [1.54, 1.807) is 13.2 Å². The molecule has 1 nitrogen and oxygen atoms in total.